The fourth-order valence-corrected chi connectivity index (χ4v) is 2.13. The van der Waals surface area contributed by atoms with Crippen molar-refractivity contribution in [2.75, 3.05) is 13.1 Å². The van der Waals surface area contributed by atoms with E-state index in [1.165, 1.54) is 30.6 Å². The van der Waals surface area contributed by atoms with Crippen molar-refractivity contribution in [1.82, 2.24) is 14.9 Å². The Bertz CT molecular complexity index is 483. The molecule has 0 amide bonds. The Kier molecular flexibility index (Phi) is 1.99. The predicted molar refractivity (Wildman–Crippen MR) is 60.8 cm³/mol. The summed E-state index contributed by atoms with van der Waals surface area (Å²) in [7, 11) is 2.03. The van der Waals surface area contributed by atoms with Crippen molar-refractivity contribution in [3.8, 4) is 0 Å². The van der Waals surface area contributed by atoms with Crippen LogP contribution in [0.4, 0.5) is 0 Å². The lowest BCUT2D eigenvalue weighted by atomic mass is 9.94. The molecule has 1 N–H and O–H groups in total. The van der Waals surface area contributed by atoms with E-state index in [2.05, 4.69) is 33.1 Å². The van der Waals surface area contributed by atoms with Gasteiger partial charge in [0, 0.05) is 7.05 Å². The lowest BCUT2D eigenvalue weighted by molar-refractivity contribution is 0.346. The van der Waals surface area contributed by atoms with Gasteiger partial charge in [0.15, 0.2) is 0 Å². The highest BCUT2D eigenvalue weighted by Gasteiger charge is 2.17. The van der Waals surface area contributed by atoms with Gasteiger partial charge in [-0.15, -0.1) is 0 Å². The Morgan fingerprint density at radius 1 is 1.47 bits per heavy atom. The molecule has 1 fully saturated rings. The number of aryl methyl sites for hydroxylation is 1. The van der Waals surface area contributed by atoms with E-state index in [-0.39, 0.29) is 0 Å². The molecule has 15 heavy (non-hydrogen) atoms. The van der Waals surface area contributed by atoms with Crippen molar-refractivity contribution in [2.24, 2.45) is 13.0 Å². The topological polar surface area (TPSA) is 29.9 Å². The molecule has 78 valence electrons. The SMILES string of the molecule is Cn1cnc2cc(CC3CNC3)ccc21. The lowest BCUT2D eigenvalue weighted by Gasteiger charge is -2.27. The van der Waals surface area contributed by atoms with E-state index >= 15 is 0 Å². The smallest absolute Gasteiger partial charge is 0.0955 e. The molecule has 2 aromatic rings. The zero-order chi connectivity index (χ0) is 10.3. The van der Waals surface area contributed by atoms with E-state index in [4.69, 9.17) is 0 Å². The zero-order valence-corrected chi connectivity index (χ0v) is 8.90. The minimum Gasteiger partial charge on any atom is -0.334 e. The second-order valence-corrected chi connectivity index (χ2v) is 4.41. The van der Waals surface area contributed by atoms with Crippen LogP contribution in [0, 0.1) is 5.92 Å². The molecule has 3 heteroatoms. The maximum atomic E-state index is 4.38. The first-order valence-corrected chi connectivity index (χ1v) is 5.43. The number of nitrogens with zero attached hydrogens (tertiary/aromatic N) is 2. The molecule has 2 heterocycles. The highest BCUT2D eigenvalue weighted by molar-refractivity contribution is 5.75. The van der Waals surface area contributed by atoms with E-state index in [1.807, 2.05) is 13.4 Å². The Hall–Kier alpha value is -1.35. The molecule has 0 atom stereocenters. The fraction of sp³-hybridized carbons (Fsp3) is 0.417. The van der Waals surface area contributed by atoms with Gasteiger partial charge in [0.1, 0.15) is 0 Å². The first-order valence-electron chi connectivity index (χ1n) is 5.43. The van der Waals surface area contributed by atoms with Gasteiger partial charge < -0.3 is 9.88 Å². The summed E-state index contributed by atoms with van der Waals surface area (Å²) in [6, 6.07) is 6.61. The van der Waals surface area contributed by atoms with Crippen LogP contribution in [0.15, 0.2) is 24.5 Å². The van der Waals surface area contributed by atoms with Gasteiger partial charge in [0.05, 0.1) is 17.4 Å². The van der Waals surface area contributed by atoms with Crippen LogP contribution in [0.25, 0.3) is 11.0 Å². The van der Waals surface area contributed by atoms with Crippen LogP contribution in [-0.2, 0) is 13.5 Å². The van der Waals surface area contributed by atoms with Crippen LogP contribution in [0.5, 0.6) is 0 Å². The standard InChI is InChI=1S/C12H15N3/c1-15-8-14-11-5-9(2-3-12(11)15)4-10-6-13-7-10/h2-3,5,8,10,13H,4,6-7H2,1H3. The van der Waals surface area contributed by atoms with E-state index in [9.17, 15) is 0 Å². The summed E-state index contributed by atoms with van der Waals surface area (Å²) in [6.45, 7) is 2.33. The summed E-state index contributed by atoms with van der Waals surface area (Å²) in [5, 5.41) is 3.30. The van der Waals surface area contributed by atoms with Crippen molar-refractivity contribution in [3.05, 3.63) is 30.1 Å². The van der Waals surface area contributed by atoms with Crippen molar-refractivity contribution < 1.29 is 0 Å². The van der Waals surface area contributed by atoms with Gasteiger partial charge in [-0.25, -0.2) is 4.98 Å². The molecule has 0 unspecified atom stereocenters. The Morgan fingerprint density at radius 2 is 2.33 bits per heavy atom. The maximum absolute atomic E-state index is 4.38. The normalized spacial score (nSPS) is 16.9. The number of rotatable bonds is 2. The summed E-state index contributed by atoms with van der Waals surface area (Å²) < 4.78 is 2.06. The summed E-state index contributed by atoms with van der Waals surface area (Å²) in [5.41, 5.74) is 3.74. The predicted octanol–water partition coefficient (Wildman–Crippen LogP) is 1.34. The summed E-state index contributed by atoms with van der Waals surface area (Å²) in [6.07, 6.45) is 3.05. The van der Waals surface area contributed by atoms with E-state index in [0.717, 1.165) is 11.4 Å². The largest absolute Gasteiger partial charge is 0.334 e. The Balaban J connectivity index is 1.91. The third-order valence-electron chi connectivity index (χ3n) is 3.18. The first kappa shape index (κ1) is 8.92. The second kappa shape index (κ2) is 3.35. The first-order chi connectivity index (χ1) is 7.33. The Morgan fingerprint density at radius 3 is 3.07 bits per heavy atom. The summed E-state index contributed by atoms with van der Waals surface area (Å²) in [4.78, 5) is 4.38. The second-order valence-electron chi connectivity index (χ2n) is 4.41. The van der Waals surface area contributed by atoms with Gasteiger partial charge >= 0.3 is 0 Å². The van der Waals surface area contributed by atoms with Crippen LogP contribution in [0.3, 0.4) is 0 Å². The van der Waals surface area contributed by atoms with Crippen LogP contribution < -0.4 is 5.32 Å². The third-order valence-corrected chi connectivity index (χ3v) is 3.18. The highest BCUT2D eigenvalue weighted by Crippen LogP contribution is 2.18. The number of nitrogens with one attached hydrogen (secondary N) is 1. The third kappa shape index (κ3) is 1.53. The van der Waals surface area contributed by atoms with Crippen molar-refractivity contribution >= 4 is 11.0 Å². The van der Waals surface area contributed by atoms with E-state index < -0.39 is 0 Å². The number of imidazole rings is 1. The summed E-state index contributed by atoms with van der Waals surface area (Å²) >= 11 is 0. The molecular formula is C12H15N3. The molecule has 0 saturated carbocycles. The maximum Gasteiger partial charge on any atom is 0.0955 e. The minimum atomic E-state index is 0.825. The minimum absolute atomic E-state index is 0.825. The van der Waals surface area contributed by atoms with Gasteiger partial charge in [-0.3, -0.25) is 0 Å². The van der Waals surface area contributed by atoms with Gasteiger partial charge in [0.25, 0.3) is 0 Å². The van der Waals surface area contributed by atoms with Crippen LogP contribution in [0.1, 0.15) is 5.56 Å². The van der Waals surface area contributed by atoms with Crippen LogP contribution in [-0.4, -0.2) is 22.6 Å². The zero-order valence-electron chi connectivity index (χ0n) is 8.90. The number of hydrogen-bond acceptors (Lipinski definition) is 2. The monoisotopic (exact) mass is 201 g/mol. The van der Waals surface area contributed by atoms with Gasteiger partial charge in [-0.1, -0.05) is 6.07 Å². The number of hydrogen-bond donors (Lipinski definition) is 1. The van der Waals surface area contributed by atoms with Gasteiger partial charge in [-0.2, -0.15) is 0 Å². The molecule has 0 spiro atoms. The Labute approximate surface area is 89.1 Å². The average molecular weight is 201 g/mol. The van der Waals surface area contributed by atoms with Crippen LogP contribution in [0.2, 0.25) is 0 Å². The molecule has 0 bridgehead atoms. The highest BCUT2D eigenvalue weighted by atomic mass is 15.0. The fourth-order valence-electron chi connectivity index (χ4n) is 2.13. The molecular weight excluding hydrogens is 186 g/mol. The number of benzene rings is 1. The molecule has 0 radical (unpaired) electrons. The molecule has 1 aliphatic heterocycles. The molecule has 3 nitrogen and oxygen atoms in total. The number of aromatic nitrogens is 2. The van der Waals surface area contributed by atoms with Gasteiger partial charge in [0.2, 0.25) is 0 Å². The quantitative estimate of drug-likeness (QED) is 0.794. The molecule has 1 aliphatic rings. The van der Waals surface area contributed by atoms with Crippen molar-refractivity contribution in [1.29, 1.82) is 0 Å². The molecule has 1 saturated heterocycles. The molecule has 1 aromatic heterocycles. The van der Waals surface area contributed by atoms with E-state index in [1.54, 1.807) is 0 Å². The summed E-state index contributed by atoms with van der Waals surface area (Å²) in [5.74, 6) is 0.825. The van der Waals surface area contributed by atoms with Crippen molar-refractivity contribution in [3.63, 3.8) is 0 Å². The number of fused-ring (bicyclic) bond motifs is 1. The van der Waals surface area contributed by atoms with Crippen LogP contribution >= 0.6 is 0 Å². The van der Waals surface area contributed by atoms with E-state index in [0.29, 0.717) is 0 Å². The van der Waals surface area contributed by atoms with Crippen molar-refractivity contribution in [2.45, 2.75) is 6.42 Å². The lowest BCUT2D eigenvalue weighted by Crippen LogP contribution is -2.43. The molecule has 3 rings (SSSR count). The molecule has 1 aromatic carbocycles. The molecule has 0 aliphatic carbocycles. The average Bonchev–Trinajstić information content (AvgIpc) is 2.54. The van der Waals surface area contributed by atoms with Gasteiger partial charge in [-0.05, 0) is 43.1 Å².